The lowest BCUT2D eigenvalue weighted by Crippen LogP contribution is -2.24. The van der Waals surface area contributed by atoms with Crippen LogP contribution in [0.2, 0.25) is 0 Å². The van der Waals surface area contributed by atoms with Crippen molar-refractivity contribution in [3.8, 4) is 22.6 Å². The number of aromatic nitrogens is 2. The van der Waals surface area contributed by atoms with Gasteiger partial charge in [-0.15, -0.1) is 11.3 Å². The van der Waals surface area contributed by atoms with Crippen LogP contribution in [0.4, 0.5) is 0 Å². The highest BCUT2D eigenvalue weighted by atomic mass is 32.1. The first-order valence-electron chi connectivity index (χ1n) is 7.96. The maximum atomic E-state index is 12.9. The molecule has 0 N–H and O–H groups in total. The van der Waals surface area contributed by atoms with Gasteiger partial charge < -0.3 is 0 Å². The molecular weight excluding hydrogens is 332 g/mol. The van der Waals surface area contributed by atoms with E-state index in [0.717, 1.165) is 16.0 Å². The second-order valence-corrected chi connectivity index (χ2v) is 6.83. The molecule has 3 rings (SSSR count). The van der Waals surface area contributed by atoms with Gasteiger partial charge >= 0.3 is 0 Å². The lowest BCUT2D eigenvalue weighted by atomic mass is 10.1. The van der Waals surface area contributed by atoms with Crippen molar-refractivity contribution in [3.05, 3.63) is 52.6 Å². The Balaban J connectivity index is 2.03. The van der Waals surface area contributed by atoms with Crippen LogP contribution >= 0.6 is 11.3 Å². The third kappa shape index (κ3) is 3.31. The number of hydrogen-bond donors (Lipinski definition) is 0. The van der Waals surface area contributed by atoms with Crippen LogP contribution in [0.1, 0.15) is 18.4 Å². The van der Waals surface area contributed by atoms with Crippen molar-refractivity contribution in [1.82, 2.24) is 9.55 Å². The highest BCUT2D eigenvalue weighted by Crippen LogP contribution is 2.35. The van der Waals surface area contributed by atoms with Crippen molar-refractivity contribution in [2.24, 2.45) is 5.92 Å². The van der Waals surface area contributed by atoms with E-state index in [4.69, 9.17) is 5.26 Å². The molecule has 25 heavy (non-hydrogen) atoms. The molecule has 3 aromatic rings. The largest absolute Gasteiger partial charge is 0.297 e. The number of hydrogen-bond acceptors (Lipinski definition) is 5. The molecule has 0 bridgehead atoms. The van der Waals surface area contributed by atoms with Gasteiger partial charge in [-0.2, -0.15) is 10.5 Å². The fraction of sp³-hybridized carbons (Fsp3) is 0.263. The summed E-state index contributed by atoms with van der Waals surface area (Å²) in [4.78, 5) is 19.1. The first-order chi connectivity index (χ1) is 12.2. The van der Waals surface area contributed by atoms with Crippen molar-refractivity contribution < 1.29 is 0 Å². The molecule has 0 saturated heterocycles. The molecular formula is C19H16N4OS. The second-order valence-electron chi connectivity index (χ2n) is 5.83. The quantitative estimate of drug-likeness (QED) is 0.700. The number of benzene rings is 1. The smallest absolute Gasteiger partial charge is 0.262 e. The van der Waals surface area contributed by atoms with Gasteiger partial charge in [-0.1, -0.05) is 30.3 Å². The lowest BCUT2D eigenvalue weighted by molar-refractivity contribution is 0.498. The highest BCUT2D eigenvalue weighted by Gasteiger charge is 2.17. The predicted octanol–water partition coefficient (Wildman–Crippen LogP) is 3.88. The molecule has 0 saturated carbocycles. The highest BCUT2D eigenvalue weighted by molar-refractivity contribution is 7.22. The Hall–Kier alpha value is -2.96. The van der Waals surface area contributed by atoms with E-state index >= 15 is 0 Å². The normalized spacial score (nSPS) is 11.8. The van der Waals surface area contributed by atoms with E-state index in [0.29, 0.717) is 23.1 Å². The lowest BCUT2D eigenvalue weighted by Gasteiger charge is -2.09. The molecule has 0 aliphatic heterocycles. The molecule has 0 fully saturated rings. The van der Waals surface area contributed by atoms with Crippen LogP contribution in [-0.2, 0) is 6.54 Å². The minimum atomic E-state index is -0.371. The molecule has 5 nitrogen and oxygen atoms in total. The van der Waals surface area contributed by atoms with Crippen LogP contribution in [0.15, 0.2) is 41.5 Å². The fourth-order valence-electron chi connectivity index (χ4n) is 2.83. The number of fused-ring (bicyclic) bond motifs is 1. The summed E-state index contributed by atoms with van der Waals surface area (Å²) in [6.07, 6.45) is 2.26. The molecule has 1 aromatic carbocycles. The van der Waals surface area contributed by atoms with Crippen LogP contribution in [0.5, 0.6) is 0 Å². The van der Waals surface area contributed by atoms with Crippen LogP contribution < -0.4 is 5.56 Å². The van der Waals surface area contributed by atoms with Gasteiger partial charge in [0.25, 0.3) is 5.56 Å². The van der Waals surface area contributed by atoms with Crippen molar-refractivity contribution in [3.63, 3.8) is 0 Å². The SMILES string of the molecule is Cc1c(-c2ccccc2)sc2ncn(CC(C#N)CCC#N)c(=O)c12. The van der Waals surface area contributed by atoms with Gasteiger partial charge in [-0.3, -0.25) is 9.36 Å². The molecule has 2 heterocycles. The average Bonchev–Trinajstić information content (AvgIpc) is 2.98. The summed E-state index contributed by atoms with van der Waals surface area (Å²) in [6, 6.07) is 14.1. The predicted molar refractivity (Wildman–Crippen MR) is 98.0 cm³/mol. The van der Waals surface area contributed by atoms with Gasteiger partial charge in [-0.25, -0.2) is 4.98 Å². The molecule has 124 valence electrons. The van der Waals surface area contributed by atoms with Gasteiger partial charge in [0.2, 0.25) is 0 Å². The van der Waals surface area contributed by atoms with Gasteiger partial charge in [0.15, 0.2) is 0 Å². The average molecular weight is 348 g/mol. The summed E-state index contributed by atoms with van der Waals surface area (Å²) >= 11 is 1.51. The molecule has 0 aliphatic rings. The van der Waals surface area contributed by atoms with Crippen LogP contribution in [0, 0.1) is 35.5 Å². The number of rotatable bonds is 5. The Labute approximate surface area is 149 Å². The van der Waals surface area contributed by atoms with Crippen molar-refractivity contribution in [2.45, 2.75) is 26.3 Å². The van der Waals surface area contributed by atoms with E-state index in [9.17, 15) is 10.1 Å². The van der Waals surface area contributed by atoms with Crippen molar-refractivity contribution >= 4 is 21.6 Å². The topological polar surface area (TPSA) is 82.5 Å². The number of nitriles is 2. The Morgan fingerprint density at radius 2 is 2.04 bits per heavy atom. The minimum absolute atomic E-state index is 0.127. The monoisotopic (exact) mass is 348 g/mol. The molecule has 1 unspecified atom stereocenters. The maximum Gasteiger partial charge on any atom is 0.262 e. The molecule has 1 atom stereocenters. The van der Waals surface area contributed by atoms with E-state index in [1.54, 1.807) is 0 Å². The summed E-state index contributed by atoms with van der Waals surface area (Å²) in [6.45, 7) is 2.20. The summed E-state index contributed by atoms with van der Waals surface area (Å²) in [5.41, 5.74) is 1.86. The summed E-state index contributed by atoms with van der Waals surface area (Å²) in [5.74, 6) is -0.371. The molecule has 0 spiro atoms. The number of thiophene rings is 1. The zero-order valence-electron chi connectivity index (χ0n) is 13.8. The summed E-state index contributed by atoms with van der Waals surface area (Å²) in [7, 11) is 0. The third-order valence-corrected chi connectivity index (χ3v) is 5.41. The molecule has 0 radical (unpaired) electrons. The van der Waals surface area contributed by atoms with Crippen LogP contribution in [0.25, 0.3) is 20.7 Å². The molecule has 2 aromatic heterocycles. The molecule has 0 amide bonds. The first-order valence-corrected chi connectivity index (χ1v) is 8.78. The van der Waals surface area contributed by atoms with Gasteiger partial charge in [0, 0.05) is 17.8 Å². The van der Waals surface area contributed by atoms with Gasteiger partial charge in [-0.05, 0) is 24.5 Å². The second kappa shape index (κ2) is 7.29. The first kappa shape index (κ1) is 16.9. The Morgan fingerprint density at radius 3 is 2.72 bits per heavy atom. The maximum absolute atomic E-state index is 12.9. The number of nitrogens with zero attached hydrogens (tertiary/aromatic N) is 4. The van der Waals surface area contributed by atoms with Crippen LogP contribution in [-0.4, -0.2) is 9.55 Å². The summed E-state index contributed by atoms with van der Waals surface area (Å²) in [5, 5.41) is 18.5. The number of aryl methyl sites for hydroxylation is 1. The van der Waals surface area contributed by atoms with Crippen molar-refractivity contribution in [2.75, 3.05) is 0 Å². The molecule has 6 heteroatoms. The van der Waals surface area contributed by atoms with E-state index in [-0.39, 0.29) is 18.0 Å². The van der Waals surface area contributed by atoms with Crippen molar-refractivity contribution in [1.29, 1.82) is 10.5 Å². The van der Waals surface area contributed by atoms with E-state index < -0.39 is 0 Å². The fourth-order valence-corrected chi connectivity index (χ4v) is 3.97. The van der Waals surface area contributed by atoms with E-state index in [1.165, 1.54) is 22.2 Å². The van der Waals surface area contributed by atoms with E-state index in [2.05, 4.69) is 11.1 Å². The Bertz CT molecular complexity index is 1040. The summed E-state index contributed by atoms with van der Waals surface area (Å²) < 4.78 is 1.49. The van der Waals surface area contributed by atoms with E-state index in [1.807, 2.05) is 43.3 Å². The minimum Gasteiger partial charge on any atom is -0.297 e. The Kier molecular flexibility index (Phi) is 4.92. The third-order valence-electron chi connectivity index (χ3n) is 4.16. The zero-order valence-corrected chi connectivity index (χ0v) is 14.6. The van der Waals surface area contributed by atoms with Gasteiger partial charge in [0.05, 0.1) is 29.8 Å². The van der Waals surface area contributed by atoms with Crippen LogP contribution in [0.3, 0.4) is 0 Å². The zero-order chi connectivity index (χ0) is 17.8. The molecule has 0 aliphatic carbocycles. The standard InChI is InChI=1S/C19H16N4OS/c1-13-16-18(25-17(13)15-7-3-2-4-8-15)22-12-23(19(16)24)11-14(10-21)6-5-9-20/h2-4,7-8,12,14H,5-6,11H2,1H3. The van der Waals surface area contributed by atoms with Gasteiger partial charge in [0.1, 0.15) is 4.83 Å². The Morgan fingerprint density at radius 1 is 1.28 bits per heavy atom.